The fourth-order valence-electron chi connectivity index (χ4n) is 3.92. The zero-order valence-electron chi connectivity index (χ0n) is 15.5. The Labute approximate surface area is 161 Å². The van der Waals surface area contributed by atoms with Crippen molar-refractivity contribution in [3.63, 3.8) is 0 Å². The van der Waals surface area contributed by atoms with E-state index in [2.05, 4.69) is 89.1 Å². The number of aliphatic hydroxyl groups is 1. The minimum Gasteiger partial charge on any atom is -0.396 e. The van der Waals surface area contributed by atoms with Crippen molar-refractivity contribution in [1.82, 2.24) is 4.90 Å². The van der Waals surface area contributed by atoms with Gasteiger partial charge in [-0.2, -0.15) is 0 Å². The molecule has 1 fully saturated rings. The quantitative estimate of drug-likeness (QED) is 0.667. The molecule has 3 nitrogen and oxygen atoms in total. The third-order valence-electron chi connectivity index (χ3n) is 5.26. The second-order valence-corrected chi connectivity index (χ2v) is 7.15. The molecule has 1 heterocycles. The number of benzene rings is 3. The molecule has 0 saturated carbocycles. The van der Waals surface area contributed by atoms with Gasteiger partial charge >= 0.3 is 0 Å². The van der Waals surface area contributed by atoms with Crippen molar-refractivity contribution >= 4 is 5.69 Å². The highest BCUT2D eigenvalue weighted by Gasteiger charge is 2.34. The van der Waals surface area contributed by atoms with Crippen LogP contribution in [0.15, 0.2) is 84.9 Å². The number of hydrogen-bond acceptors (Lipinski definition) is 3. The number of hydrogen-bond donors (Lipinski definition) is 2. The molecule has 0 aromatic heterocycles. The monoisotopic (exact) mass is 358 g/mol. The van der Waals surface area contributed by atoms with Gasteiger partial charge in [-0.25, -0.2) is 0 Å². The lowest BCUT2D eigenvalue weighted by atomic mass is 9.93. The standard InChI is InChI=1S/C24H26N2O/c27-16-15-19-9-7-8-14-23(19)25-22-17-26(18-22)24(20-10-3-1-4-11-20)21-12-5-2-6-13-21/h1-14,22,24-25,27H,15-18H2. The highest BCUT2D eigenvalue weighted by Crippen LogP contribution is 2.33. The first-order valence-corrected chi connectivity index (χ1v) is 9.64. The van der Waals surface area contributed by atoms with Crippen LogP contribution in [0, 0.1) is 0 Å². The lowest BCUT2D eigenvalue weighted by Gasteiger charge is -2.45. The average molecular weight is 358 g/mol. The first-order valence-electron chi connectivity index (χ1n) is 9.64. The highest BCUT2D eigenvalue weighted by atomic mass is 16.2. The molecular weight excluding hydrogens is 332 g/mol. The van der Waals surface area contributed by atoms with Gasteiger partial charge in [0, 0.05) is 25.4 Å². The second-order valence-electron chi connectivity index (χ2n) is 7.15. The number of nitrogens with one attached hydrogen (secondary N) is 1. The van der Waals surface area contributed by atoms with Crippen LogP contribution in [0.5, 0.6) is 0 Å². The lowest BCUT2D eigenvalue weighted by Crippen LogP contribution is -2.56. The summed E-state index contributed by atoms with van der Waals surface area (Å²) in [4.78, 5) is 2.52. The van der Waals surface area contributed by atoms with E-state index in [-0.39, 0.29) is 12.6 Å². The number of rotatable bonds is 7. The van der Waals surface area contributed by atoms with Crippen LogP contribution in [0.1, 0.15) is 22.7 Å². The highest BCUT2D eigenvalue weighted by molar-refractivity contribution is 5.52. The molecular formula is C24H26N2O. The molecule has 138 valence electrons. The van der Waals surface area contributed by atoms with E-state index >= 15 is 0 Å². The van der Waals surface area contributed by atoms with E-state index in [0.29, 0.717) is 12.5 Å². The molecule has 0 aliphatic carbocycles. The van der Waals surface area contributed by atoms with E-state index in [1.807, 2.05) is 6.07 Å². The third-order valence-corrected chi connectivity index (χ3v) is 5.26. The molecule has 0 bridgehead atoms. The zero-order chi connectivity index (χ0) is 18.5. The Balaban J connectivity index is 1.48. The maximum atomic E-state index is 9.28. The molecule has 1 aliphatic heterocycles. The number of nitrogens with zero attached hydrogens (tertiary/aromatic N) is 1. The van der Waals surface area contributed by atoms with Crippen LogP contribution in [0.3, 0.4) is 0 Å². The summed E-state index contributed by atoms with van der Waals surface area (Å²) in [5.74, 6) is 0. The molecule has 0 atom stereocenters. The van der Waals surface area contributed by atoms with Crippen LogP contribution in [-0.2, 0) is 6.42 Å². The molecule has 2 N–H and O–H groups in total. The van der Waals surface area contributed by atoms with E-state index in [9.17, 15) is 5.11 Å². The minimum atomic E-state index is 0.180. The van der Waals surface area contributed by atoms with Gasteiger partial charge in [-0.15, -0.1) is 0 Å². The summed E-state index contributed by atoms with van der Waals surface area (Å²) in [6.07, 6.45) is 0.691. The van der Waals surface area contributed by atoms with Gasteiger partial charge in [-0.1, -0.05) is 78.9 Å². The number of aliphatic hydroxyl groups excluding tert-OH is 1. The molecule has 27 heavy (non-hydrogen) atoms. The Morgan fingerprint density at radius 2 is 1.37 bits per heavy atom. The van der Waals surface area contributed by atoms with E-state index in [1.54, 1.807) is 0 Å². The van der Waals surface area contributed by atoms with Crippen LogP contribution in [0.4, 0.5) is 5.69 Å². The molecule has 3 heteroatoms. The predicted molar refractivity (Wildman–Crippen MR) is 111 cm³/mol. The van der Waals surface area contributed by atoms with E-state index in [0.717, 1.165) is 18.8 Å². The first kappa shape index (κ1) is 17.8. The third kappa shape index (κ3) is 4.05. The van der Waals surface area contributed by atoms with Crippen molar-refractivity contribution in [3.05, 3.63) is 102 Å². The molecule has 0 unspecified atom stereocenters. The maximum Gasteiger partial charge on any atom is 0.0603 e. The zero-order valence-corrected chi connectivity index (χ0v) is 15.5. The van der Waals surface area contributed by atoms with E-state index < -0.39 is 0 Å². The largest absolute Gasteiger partial charge is 0.396 e. The topological polar surface area (TPSA) is 35.5 Å². The Kier molecular flexibility index (Phi) is 5.52. The summed E-state index contributed by atoms with van der Waals surface area (Å²) in [5, 5.41) is 12.9. The molecule has 0 spiro atoms. The van der Waals surface area contributed by atoms with Gasteiger partial charge < -0.3 is 10.4 Å². The predicted octanol–water partition coefficient (Wildman–Crippen LogP) is 4.11. The Bertz CT molecular complexity index is 805. The molecule has 3 aromatic rings. The summed E-state index contributed by atoms with van der Waals surface area (Å²) in [6.45, 7) is 2.18. The molecule has 0 amide bonds. The van der Waals surface area contributed by atoms with Crippen molar-refractivity contribution in [2.75, 3.05) is 25.0 Å². The summed E-state index contributed by atoms with van der Waals surface area (Å²) >= 11 is 0. The SMILES string of the molecule is OCCc1ccccc1NC1CN(C(c2ccccc2)c2ccccc2)C1. The second kappa shape index (κ2) is 8.38. The molecule has 3 aromatic carbocycles. The minimum absolute atomic E-state index is 0.180. The van der Waals surface area contributed by atoms with Crippen molar-refractivity contribution < 1.29 is 5.11 Å². The maximum absolute atomic E-state index is 9.28. The van der Waals surface area contributed by atoms with Gasteiger partial charge in [0.05, 0.1) is 12.1 Å². The average Bonchev–Trinajstić information content (AvgIpc) is 2.69. The molecule has 1 aliphatic rings. The molecule has 0 radical (unpaired) electrons. The van der Waals surface area contributed by atoms with Gasteiger partial charge in [0.2, 0.25) is 0 Å². The van der Waals surface area contributed by atoms with Gasteiger partial charge in [-0.3, -0.25) is 4.90 Å². The van der Waals surface area contributed by atoms with Gasteiger partial charge in [-0.05, 0) is 29.2 Å². The number of para-hydroxylation sites is 1. The summed E-state index contributed by atoms with van der Waals surface area (Å²) in [6, 6.07) is 30.5. The number of anilines is 1. The Morgan fingerprint density at radius 1 is 0.815 bits per heavy atom. The summed E-state index contributed by atoms with van der Waals surface area (Å²) in [7, 11) is 0. The van der Waals surface area contributed by atoms with Gasteiger partial charge in [0.15, 0.2) is 0 Å². The van der Waals surface area contributed by atoms with Crippen molar-refractivity contribution in [2.45, 2.75) is 18.5 Å². The summed E-state index contributed by atoms with van der Waals surface area (Å²) in [5.41, 5.74) is 5.00. The van der Waals surface area contributed by atoms with Crippen LogP contribution in [0.2, 0.25) is 0 Å². The Hall–Kier alpha value is -2.62. The van der Waals surface area contributed by atoms with Gasteiger partial charge in [0.1, 0.15) is 0 Å². The molecule has 1 saturated heterocycles. The fraction of sp³-hybridized carbons (Fsp3) is 0.250. The van der Waals surface area contributed by atoms with Crippen molar-refractivity contribution in [1.29, 1.82) is 0 Å². The normalized spacial score (nSPS) is 14.9. The van der Waals surface area contributed by atoms with Crippen molar-refractivity contribution in [2.24, 2.45) is 0 Å². The van der Waals surface area contributed by atoms with E-state index in [4.69, 9.17) is 0 Å². The van der Waals surface area contributed by atoms with Crippen LogP contribution >= 0.6 is 0 Å². The van der Waals surface area contributed by atoms with Crippen LogP contribution < -0.4 is 5.32 Å². The molecule has 4 rings (SSSR count). The summed E-state index contributed by atoms with van der Waals surface area (Å²) < 4.78 is 0. The van der Waals surface area contributed by atoms with Gasteiger partial charge in [0.25, 0.3) is 0 Å². The van der Waals surface area contributed by atoms with Crippen LogP contribution in [-0.4, -0.2) is 35.7 Å². The lowest BCUT2D eigenvalue weighted by molar-refractivity contribution is 0.123. The Morgan fingerprint density at radius 3 is 1.96 bits per heavy atom. The van der Waals surface area contributed by atoms with Crippen LogP contribution in [0.25, 0.3) is 0 Å². The fourth-order valence-corrected chi connectivity index (χ4v) is 3.92. The van der Waals surface area contributed by atoms with E-state index in [1.165, 1.54) is 16.7 Å². The number of likely N-dealkylation sites (tertiary alicyclic amines) is 1. The van der Waals surface area contributed by atoms with Crippen molar-refractivity contribution in [3.8, 4) is 0 Å². The smallest absolute Gasteiger partial charge is 0.0603 e. The first-order chi connectivity index (χ1) is 13.3.